The normalized spacial score (nSPS) is 12.9. The van der Waals surface area contributed by atoms with Gasteiger partial charge >= 0.3 is 5.97 Å². The number of carbonyl (C=O) groups is 1. The molecule has 1 N–H and O–H groups in total. The minimum absolute atomic E-state index is 0.147. The van der Waals surface area contributed by atoms with Crippen LogP contribution in [-0.4, -0.2) is 56.9 Å². The molecule has 0 spiro atoms. The summed E-state index contributed by atoms with van der Waals surface area (Å²) in [6, 6.07) is 12.0. The number of aliphatic hydroxyl groups excluding tert-OH is 1. The third kappa shape index (κ3) is 6.73. The van der Waals surface area contributed by atoms with Gasteiger partial charge in [0.05, 0.1) is 32.8 Å². The van der Waals surface area contributed by atoms with Crippen LogP contribution >= 0.6 is 0 Å². The summed E-state index contributed by atoms with van der Waals surface area (Å²) in [7, 11) is 5.39. The topological polar surface area (TPSA) is 68.2 Å². The molecule has 6 nitrogen and oxygen atoms in total. The lowest BCUT2D eigenvalue weighted by atomic mass is 9.74. The van der Waals surface area contributed by atoms with E-state index in [0.717, 1.165) is 42.8 Å². The molecule has 0 aliphatic carbocycles. The van der Waals surface area contributed by atoms with Gasteiger partial charge in [-0.05, 0) is 88.0 Å². The number of likely N-dealkylation sites (N-methyl/N-ethyl adjacent to an activating group) is 1. The molecule has 188 valence electrons. The lowest BCUT2D eigenvalue weighted by Gasteiger charge is -2.32. The molecule has 0 saturated carbocycles. The van der Waals surface area contributed by atoms with E-state index in [4.69, 9.17) is 14.2 Å². The number of hydrogen-bond donors (Lipinski definition) is 1. The molecule has 2 rings (SSSR count). The summed E-state index contributed by atoms with van der Waals surface area (Å²) in [5.74, 6) is 1.33. The Morgan fingerprint density at radius 2 is 1.76 bits per heavy atom. The summed E-state index contributed by atoms with van der Waals surface area (Å²) >= 11 is 0. The maximum atomic E-state index is 13.2. The van der Waals surface area contributed by atoms with Crippen LogP contribution in [0.25, 0.3) is 0 Å². The molecular formula is C28H41NO5. The second-order valence-corrected chi connectivity index (χ2v) is 8.80. The number of esters is 1. The van der Waals surface area contributed by atoms with Gasteiger partial charge in [-0.2, -0.15) is 0 Å². The molecule has 0 heterocycles. The predicted octanol–water partition coefficient (Wildman–Crippen LogP) is 4.67. The van der Waals surface area contributed by atoms with E-state index in [9.17, 15) is 9.90 Å². The summed E-state index contributed by atoms with van der Waals surface area (Å²) in [4.78, 5) is 15.5. The number of rotatable bonds is 14. The van der Waals surface area contributed by atoms with E-state index < -0.39 is 5.41 Å². The molecule has 0 bridgehead atoms. The van der Waals surface area contributed by atoms with E-state index >= 15 is 0 Å². The van der Waals surface area contributed by atoms with Gasteiger partial charge in [0.2, 0.25) is 0 Å². The largest absolute Gasteiger partial charge is 0.496 e. The van der Waals surface area contributed by atoms with Crippen LogP contribution in [0.3, 0.4) is 0 Å². The molecule has 34 heavy (non-hydrogen) atoms. The maximum absolute atomic E-state index is 13.2. The van der Waals surface area contributed by atoms with Gasteiger partial charge in [0, 0.05) is 12.1 Å². The van der Waals surface area contributed by atoms with Gasteiger partial charge < -0.3 is 24.2 Å². The van der Waals surface area contributed by atoms with Crippen molar-refractivity contribution in [1.82, 2.24) is 4.90 Å². The van der Waals surface area contributed by atoms with Crippen molar-refractivity contribution in [3.63, 3.8) is 0 Å². The van der Waals surface area contributed by atoms with Crippen molar-refractivity contribution in [2.45, 2.75) is 58.5 Å². The number of methoxy groups -OCH3 is 2. The van der Waals surface area contributed by atoms with Crippen LogP contribution in [0, 0.1) is 6.92 Å². The number of aryl methyl sites for hydroxylation is 1. The average molecular weight is 472 g/mol. The molecule has 0 aliphatic heterocycles. The van der Waals surface area contributed by atoms with Crippen molar-refractivity contribution in [1.29, 1.82) is 0 Å². The SMILES string of the molecule is CCOC(=O)C(CC)(CCCN(C)CCc1ccc(C)c(OC)c1)c1ccc(OC)c(CO)c1. The fraction of sp³-hybridized carbons (Fsp3) is 0.536. The molecule has 0 radical (unpaired) electrons. The van der Waals surface area contributed by atoms with E-state index in [1.807, 2.05) is 39.0 Å². The third-order valence-electron chi connectivity index (χ3n) is 6.67. The number of aliphatic hydroxyl groups is 1. The Bertz CT molecular complexity index is 929. The Balaban J connectivity index is 2.10. The number of ether oxygens (including phenoxy) is 3. The fourth-order valence-electron chi connectivity index (χ4n) is 4.46. The lowest BCUT2D eigenvalue weighted by Crippen LogP contribution is -2.38. The van der Waals surface area contributed by atoms with Crippen molar-refractivity contribution in [3.05, 3.63) is 58.7 Å². The Morgan fingerprint density at radius 3 is 2.38 bits per heavy atom. The van der Waals surface area contributed by atoms with E-state index in [1.54, 1.807) is 14.2 Å². The first kappa shape index (κ1) is 27.7. The van der Waals surface area contributed by atoms with Crippen LogP contribution in [0.5, 0.6) is 11.5 Å². The van der Waals surface area contributed by atoms with E-state index in [0.29, 0.717) is 30.8 Å². The summed E-state index contributed by atoms with van der Waals surface area (Å²) in [6.45, 7) is 7.88. The lowest BCUT2D eigenvalue weighted by molar-refractivity contribution is -0.150. The van der Waals surface area contributed by atoms with Gasteiger partial charge in [-0.15, -0.1) is 0 Å². The molecule has 6 heteroatoms. The van der Waals surface area contributed by atoms with Crippen LogP contribution < -0.4 is 9.47 Å². The predicted molar refractivity (Wildman–Crippen MR) is 136 cm³/mol. The van der Waals surface area contributed by atoms with Crippen LogP contribution in [-0.2, 0) is 28.0 Å². The molecule has 0 fully saturated rings. The molecule has 0 aromatic heterocycles. The number of carbonyl (C=O) groups excluding carboxylic acids is 1. The molecule has 2 aromatic carbocycles. The highest BCUT2D eigenvalue weighted by molar-refractivity contribution is 5.83. The zero-order valence-corrected chi connectivity index (χ0v) is 21.6. The minimum atomic E-state index is -0.753. The highest BCUT2D eigenvalue weighted by Gasteiger charge is 2.40. The van der Waals surface area contributed by atoms with Gasteiger partial charge in [-0.25, -0.2) is 0 Å². The highest BCUT2D eigenvalue weighted by atomic mass is 16.5. The zero-order chi connectivity index (χ0) is 25.1. The van der Waals surface area contributed by atoms with Crippen molar-refractivity contribution < 1.29 is 24.1 Å². The summed E-state index contributed by atoms with van der Waals surface area (Å²) in [5.41, 5.74) is 3.17. The summed E-state index contributed by atoms with van der Waals surface area (Å²) in [5, 5.41) is 9.79. The highest BCUT2D eigenvalue weighted by Crippen LogP contribution is 2.37. The molecule has 2 aromatic rings. The van der Waals surface area contributed by atoms with Gasteiger partial charge in [-0.3, -0.25) is 4.79 Å². The Morgan fingerprint density at radius 1 is 1.03 bits per heavy atom. The van der Waals surface area contributed by atoms with Gasteiger partial charge in [0.1, 0.15) is 11.5 Å². The van der Waals surface area contributed by atoms with E-state index in [-0.39, 0.29) is 12.6 Å². The quantitative estimate of drug-likeness (QED) is 0.404. The second-order valence-electron chi connectivity index (χ2n) is 8.80. The average Bonchev–Trinajstić information content (AvgIpc) is 2.85. The van der Waals surface area contributed by atoms with Crippen molar-refractivity contribution in [3.8, 4) is 11.5 Å². The van der Waals surface area contributed by atoms with Crippen molar-refractivity contribution in [2.24, 2.45) is 0 Å². The van der Waals surface area contributed by atoms with Gasteiger partial charge in [0.15, 0.2) is 0 Å². The standard InChI is InChI=1S/C28H41NO5/c1-7-28(27(31)34-8-2,24-12-13-25(32-5)23(19-24)20-30)15-9-16-29(4)17-14-22-11-10-21(3)26(18-22)33-6/h10-13,18-19,30H,7-9,14-17,20H2,1-6H3. The molecule has 1 unspecified atom stereocenters. The first-order valence-electron chi connectivity index (χ1n) is 12.1. The molecule has 1 atom stereocenters. The number of hydrogen-bond acceptors (Lipinski definition) is 6. The maximum Gasteiger partial charge on any atom is 0.316 e. The van der Waals surface area contributed by atoms with Gasteiger partial charge in [0.25, 0.3) is 0 Å². The number of benzene rings is 2. The van der Waals surface area contributed by atoms with Crippen molar-refractivity contribution in [2.75, 3.05) is 41.0 Å². The molecular weight excluding hydrogens is 430 g/mol. The summed E-state index contributed by atoms with van der Waals surface area (Å²) in [6.07, 6.45) is 3.07. The minimum Gasteiger partial charge on any atom is -0.496 e. The van der Waals surface area contributed by atoms with Crippen LogP contribution in [0.15, 0.2) is 36.4 Å². The van der Waals surface area contributed by atoms with E-state index in [1.165, 1.54) is 5.56 Å². The first-order chi connectivity index (χ1) is 16.3. The van der Waals surface area contributed by atoms with Crippen molar-refractivity contribution >= 4 is 5.97 Å². The fourth-order valence-corrected chi connectivity index (χ4v) is 4.46. The monoisotopic (exact) mass is 471 g/mol. The smallest absolute Gasteiger partial charge is 0.316 e. The Kier molecular flexibility index (Phi) is 10.9. The molecule has 0 saturated heterocycles. The Hall–Kier alpha value is -2.57. The van der Waals surface area contributed by atoms with Gasteiger partial charge in [-0.1, -0.05) is 25.1 Å². The molecule has 0 amide bonds. The Labute approximate surface area is 204 Å². The third-order valence-corrected chi connectivity index (χ3v) is 6.67. The zero-order valence-electron chi connectivity index (χ0n) is 21.6. The van der Waals surface area contributed by atoms with Crippen LogP contribution in [0.1, 0.15) is 55.4 Å². The van der Waals surface area contributed by atoms with Crippen LogP contribution in [0.2, 0.25) is 0 Å². The van der Waals surface area contributed by atoms with E-state index in [2.05, 4.69) is 30.1 Å². The summed E-state index contributed by atoms with van der Waals surface area (Å²) < 4.78 is 16.3. The second kappa shape index (κ2) is 13.4. The first-order valence-corrected chi connectivity index (χ1v) is 12.1. The van der Waals surface area contributed by atoms with Crippen LogP contribution in [0.4, 0.5) is 0 Å². The molecule has 0 aliphatic rings. The number of nitrogens with zero attached hydrogens (tertiary/aromatic N) is 1.